The van der Waals surface area contributed by atoms with Crippen LogP contribution < -0.4 is 38.5 Å². The molecule has 11 N–H and O–H groups in total. The summed E-state index contributed by atoms with van der Waals surface area (Å²) in [5.74, 6) is -4.10. The van der Waals surface area contributed by atoms with Gasteiger partial charge in [-0.3, -0.25) is 24.2 Å². The molecule has 34 heavy (non-hydrogen) atoms. The number of thiol groups is 1. The standard InChI is InChI=1S/C19H34N8O6S/c20-14(28)6-5-12(18(32)33)26-17(31)13(9-34)27-16(30)11(4-2-8-24-19(21)22)25-15(29)10-3-1-7-23-10/h10-13,23,34H,1-9H2,(H2,20,28)(H,25,29)(H,26,31)(H,27,30)(H,32,33)(H4,21,22,24). The lowest BCUT2D eigenvalue weighted by Crippen LogP contribution is -2.57. The van der Waals surface area contributed by atoms with E-state index >= 15 is 0 Å². The van der Waals surface area contributed by atoms with Crippen LogP contribution in [0.4, 0.5) is 0 Å². The average molecular weight is 503 g/mol. The Labute approximate surface area is 202 Å². The number of primary amides is 1. The Hall–Kier alpha value is -3.07. The number of hydrogen-bond donors (Lipinski definition) is 9. The number of nitrogens with two attached hydrogens (primary N) is 3. The van der Waals surface area contributed by atoms with E-state index < -0.39 is 47.9 Å². The van der Waals surface area contributed by atoms with Gasteiger partial charge >= 0.3 is 5.97 Å². The number of carboxylic acids is 1. The molecule has 1 rings (SSSR count). The zero-order valence-corrected chi connectivity index (χ0v) is 19.7. The maximum Gasteiger partial charge on any atom is 0.326 e. The molecule has 0 aliphatic carbocycles. The first-order chi connectivity index (χ1) is 16.0. The summed E-state index contributed by atoms with van der Waals surface area (Å²) in [6.45, 7) is 0.933. The van der Waals surface area contributed by atoms with Crippen LogP contribution in [-0.2, 0) is 24.0 Å². The molecule has 0 bridgehead atoms. The highest BCUT2D eigenvalue weighted by molar-refractivity contribution is 7.80. The maximum absolute atomic E-state index is 12.9. The molecule has 192 valence electrons. The number of carboxylic acid groups (broad SMARTS) is 1. The van der Waals surface area contributed by atoms with Crippen molar-refractivity contribution in [2.45, 2.75) is 62.7 Å². The number of hydrogen-bond acceptors (Lipinski definition) is 8. The average Bonchev–Trinajstić information content (AvgIpc) is 3.31. The molecule has 1 fully saturated rings. The van der Waals surface area contributed by atoms with Gasteiger partial charge < -0.3 is 43.6 Å². The minimum Gasteiger partial charge on any atom is -0.480 e. The van der Waals surface area contributed by atoms with Crippen molar-refractivity contribution < 1.29 is 29.1 Å². The van der Waals surface area contributed by atoms with Crippen LogP contribution in [0.15, 0.2) is 4.99 Å². The molecule has 15 heteroatoms. The molecule has 0 spiro atoms. The quantitative estimate of drug-likeness (QED) is 0.0466. The topological polar surface area (TPSA) is 244 Å². The number of nitrogens with one attached hydrogen (secondary N) is 4. The molecule has 1 aliphatic heterocycles. The summed E-state index contributed by atoms with van der Waals surface area (Å²) in [5, 5.41) is 19.7. The van der Waals surface area contributed by atoms with E-state index in [1.807, 2.05) is 0 Å². The number of amides is 4. The van der Waals surface area contributed by atoms with Crippen molar-refractivity contribution >= 4 is 48.2 Å². The summed E-state index contributed by atoms with van der Waals surface area (Å²) in [7, 11) is 0. The van der Waals surface area contributed by atoms with Crippen molar-refractivity contribution in [2.75, 3.05) is 18.8 Å². The van der Waals surface area contributed by atoms with E-state index in [2.05, 4.69) is 38.9 Å². The van der Waals surface area contributed by atoms with E-state index in [0.717, 1.165) is 6.42 Å². The van der Waals surface area contributed by atoms with Crippen LogP contribution >= 0.6 is 12.6 Å². The smallest absolute Gasteiger partial charge is 0.326 e. The molecule has 0 aromatic heterocycles. The van der Waals surface area contributed by atoms with Crippen LogP contribution in [0.25, 0.3) is 0 Å². The number of aliphatic carboxylic acids is 1. The van der Waals surface area contributed by atoms with Crippen LogP contribution in [0.2, 0.25) is 0 Å². The fourth-order valence-corrected chi connectivity index (χ4v) is 3.49. The second-order valence-electron chi connectivity index (χ2n) is 7.81. The van der Waals surface area contributed by atoms with E-state index in [-0.39, 0.29) is 43.4 Å². The lowest BCUT2D eigenvalue weighted by Gasteiger charge is -2.24. The van der Waals surface area contributed by atoms with Gasteiger partial charge in [-0.1, -0.05) is 0 Å². The van der Waals surface area contributed by atoms with Crippen molar-refractivity contribution in [2.24, 2.45) is 22.2 Å². The van der Waals surface area contributed by atoms with Gasteiger partial charge in [-0.25, -0.2) is 4.79 Å². The van der Waals surface area contributed by atoms with Crippen LogP contribution in [0, 0.1) is 0 Å². The van der Waals surface area contributed by atoms with Gasteiger partial charge in [0.05, 0.1) is 6.04 Å². The highest BCUT2D eigenvalue weighted by Gasteiger charge is 2.30. The molecule has 4 unspecified atom stereocenters. The largest absolute Gasteiger partial charge is 0.480 e. The zero-order chi connectivity index (χ0) is 25.7. The van der Waals surface area contributed by atoms with Crippen molar-refractivity contribution in [1.29, 1.82) is 0 Å². The highest BCUT2D eigenvalue weighted by Crippen LogP contribution is 2.07. The van der Waals surface area contributed by atoms with E-state index in [1.165, 1.54) is 0 Å². The second-order valence-corrected chi connectivity index (χ2v) is 8.17. The Morgan fingerprint density at radius 2 is 1.65 bits per heavy atom. The third-order valence-corrected chi connectivity index (χ3v) is 5.43. The Bertz CT molecular complexity index is 770. The van der Waals surface area contributed by atoms with Gasteiger partial charge in [-0.15, -0.1) is 0 Å². The predicted octanol–water partition coefficient (Wildman–Crippen LogP) is -3.47. The van der Waals surface area contributed by atoms with Gasteiger partial charge in [0, 0.05) is 18.7 Å². The summed E-state index contributed by atoms with van der Waals surface area (Å²) < 4.78 is 0. The summed E-state index contributed by atoms with van der Waals surface area (Å²) >= 11 is 4.07. The number of rotatable bonds is 15. The normalized spacial score (nSPS) is 17.6. The van der Waals surface area contributed by atoms with E-state index in [1.54, 1.807) is 0 Å². The lowest BCUT2D eigenvalue weighted by atomic mass is 10.1. The molecule has 0 saturated carbocycles. The second kappa shape index (κ2) is 15.0. The molecule has 14 nitrogen and oxygen atoms in total. The molecule has 1 saturated heterocycles. The van der Waals surface area contributed by atoms with E-state index in [0.29, 0.717) is 19.4 Å². The molecule has 0 aromatic carbocycles. The van der Waals surface area contributed by atoms with Crippen LogP contribution in [0.1, 0.15) is 38.5 Å². The third kappa shape index (κ3) is 10.7. The van der Waals surface area contributed by atoms with Crippen molar-refractivity contribution in [3.05, 3.63) is 0 Å². The minimum atomic E-state index is -1.37. The Morgan fingerprint density at radius 3 is 2.18 bits per heavy atom. The molecule has 4 atom stereocenters. The SMILES string of the molecule is NC(=O)CCC(NC(=O)C(CS)NC(=O)C(CCCN=C(N)N)NC(=O)C1CCCN1)C(=O)O. The number of carbonyl (C=O) groups is 5. The van der Waals surface area contributed by atoms with Crippen molar-refractivity contribution in [1.82, 2.24) is 21.3 Å². The highest BCUT2D eigenvalue weighted by atomic mass is 32.1. The fourth-order valence-electron chi connectivity index (χ4n) is 3.24. The lowest BCUT2D eigenvalue weighted by molar-refractivity contribution is -0.142. The van der Waals surface area contributed by atoms with Crippen LogP contribution in [-0.4, -0.2) is 83.7 Å². The minimum absolute atomic E-state index is 0.101. The molecule has 4 amide bonds. The summed E-state index contributed by atoms with van der Waals surface area (Å²) in [6.07, 6.45) is 1.59. The van der Waals surface area contributed by atoms with Gasteiger partial charge in [-0.05, 0) is 38.6 Å². The Balaban J connectivity index is 2.82. The first-order valence-electron chi connectivity index (χ1n) is 10.9. The van der Waals surface area contributed by atoms with Crippen LogP contribution in [0.5, 0.6) is 0 Å². The molecule has 0 radical (unpaired) electrons. The van der Waals surface area contributed by atoms with E-state index in [9.17, 15) is 29.1 Å². The Morgan fingerprint density at radius 1 is 1.00 bits per heavy atom. The molecular weight excluding hydrogens is 468 g/mol. The molecular formula is C19H34N8O6S. The van der Waals surface area contributed by atoms with Crippen molar-refractivity contribution in [3.63, 3.8) is 0 Å². The number of nitrogens with zero attached hydrogens (tertiary/aromatic N) is 1. The summed E-state index contributed by atoms with van der Waals surface area (Å²) in [6, 6.07) is -3.96. The van der Waals surface area contributed by atoms with Crippen molar-refractivity contribution in [3.8, 4) is 0 Å². The molecule has 1 heterocycles. The predicted molar refractivity (Wildman–Crippen MR) is 127 cm³/mol. The number of carbonyl (C=O) groups excluding carboxylic acids is 4. The van der Waals surface area contributed by atoms with Gasteiger partial charge in [0.2, 0.25) is 23.6 Å². The monoisotopic (exact) mass is 502 g/mol. The number of aliphatic imine (C=N–C) groups is 1. The molecule has 1 aliphatic rings. The zero-order valence-electron chi connectivity index (χ0n) is 18.8. The molecule has 0 aromatic rings. The van der Waals surface area contributed by atoms with Gasteiger partial charge in [-0.2, -0.15) is 12.6 Å². The Kier molecular flexibility index (Phi) is 12.7. The van der Waals surface area contributed by atoms with Gasteiger partial charge in [0.1, 0.15) is 18.1 Å². The van der Waals surface area contributed by atoms with E-state index in [4.69, 9.17) is 17.2 Å². The third-order valence-electron chi connectivity index (χ3n) is 5.06. The van der Waals surface area contributed by atoms with Crippen LogP contribution in [0.3, 0.4) is 0 Å². The fraction of sp³-hybridized carbons (Fsp3) is 0.684. The summed E-state index contributed by atoms with van der Waals surface area (Å²) in [4.78, 5) is 64.1. The maximum atomic E-state index is 12.9. The van der Waals surface area contributed by atoms with Gasteiger partial charge in [0.15, 0.2) is 5.96 Å². The first kappa shape index (κ1) is 29.0. The first-order valence-corrected chi connectivity index (χ1v) is 11.5. The summed E-state index contributed by atoms with van der Waals surface area (Å²) in [5.41, 5.74) is 15.6. The van der Waals surface area contributed by atoms with Gasteiger partial charge in [0.25, 0.3) is 0 Å². The number of guanidine groups is 1.